The highest BCUT2D eigenvalue weighted by Gasteiger charge is 2.56. The van der Waals surface area contributed by atoms with Crippen molar-refractivity contribution < 1.29 is 0 Å². The molecule has 0 bridgehead atoms. The molecular formula is C19H26N4OS. The van der Waals surface area contributed by atoms with Crippen LogP contribution in [0, 0.1) is 5.41 Å². The van der Waals surface area contributed by atoms with E-state index >= 15 is 0 Å². The van der Waals surface area contributed by atoms with Gasteiger partial charge in [-0.25, -0.2) is 4.98 Å². The molecule has 5 nitrogen and oxygen atoms in total. The summed E-state index contributed by atoms with van der Waals surface area (Å²) in [6, 6.07) is 4.41. The third-order valence-electron chi connectivity index (χ3n) is 5.71. The van der Waals surface area contributed by atoms with E-state index in [9.17, 15) is 4.79 Å². The Morgan fingerprint density at radius 1 is 1.36 bits per heavy atom. The molecule has 4 rings (SSSR count). The zero-order chi connectivity index (χ0) is 17.3. The first-order valence-electron chi connectivity index (χ1n) is 9.23. The Labute approximate surface area is 152 Å². The minimum absolute atomic E-state index is 0.0373. The number of aryl methyl sites for hydroxylation is 1. The predicted molar refractivity (Wildman–Crippen MR) is 101 cm³/mol. The van der Waals surface area contributed by atoms with Crippen molar-refractivity contribution in [3.63, 3.8) is 0 Å². The van der Waals surface area contributed by atoms with Crippen molar-refractivity contribution in [3.05, 3.63) is 50.3 Å². The fourth-order valence-corrected chi connectivity index (χ4v) is 4.87. The normalized spacial score (nSPS) is 21.8. The summed E-state index contributed by atoms with van der Waals surface area (Å²) in [7, 11) is 0. The van der Waals surface area contributed by atoms with E-state index in [0.717, 1.165) is 44.1 Å². The van der Waals surface area contributed by atoms with Crippen LogP contribution in [0.25, 0.3) is 0 Å². The van der Waals surface area contributed by atoms with E-state index in [2.05, 4.69) is 37.0 Å². The number of aromatic nitrogens is 2. The molecule has 1 spiro atoms. The first-order valence-corrected chi connectivity index (χ1v) is 10.2. The molecular weight excluding hydrogens is 332 g/mol. The Morgan fingerprint density at radius 3 is 2.92 bits per heavy atom. The van der Waals surface area contributed by atoms with Gasteiger partial charge in [-0.2, -0.15) is 11.3 Å². The summed E-state index contributed by atoms with van der Waals surface area (Å²) in [6.07, 6.45) is 4.59. The predicted octanol–water partition coefficient (Wildman–Crippen LogP) is 2.54. The van der Waals surface area contributed by atoms with Gasteiger partial charge in [0.25, 0.3) is 5.56 Å². The maximum atomic E-state index is 11.9. The molecule has 2 fully saturated rings. The molecule has 1 aliphatic carbocycles. The fourth-order valence-electron chi connectivity index (χ4n) is 4.21. The number of nitrogens with one attached hydrogen (secondary N) is 2. The number of H-pyrrole nitrogens is 1. The van der Waals surface area contributed by atoms with E-state index in [1.54, 1.807) is 17.4 Å². The molecule has 2 aromatic rings. The molecule has 0 unspecified atom stereocenters. The van der Waals surface area contributed by atoms with Crippen LogP contribution in [0.1, 0.15) is 43.3 Å². The summed E-state index contributed by atoms with van der Waals surface area (Å²) in [4.78, 5) is 22.1. The van der Waals surface area contributed by atoms with E-state index in [-0.39, 0.29) is 5.56 Å². The average molecular weight is 359 g/mol. The van der Waals surface area contributed by atoms with Crippen molar-refractivity contribution in [2.75, 3.05) is 13.1 Å². The van der Waals surface area contributed by atoms with Crippen LogP contribution in [-0.2, 0) is 19.5 Å². The summed E-state index contributed by atoms with van der Waals surface area (Å²) in [5.74, 6) is 0.801. The molecule has 25 heavy (non-hydrogen) atoms. The van der Waals surface area contributed by atoms with Crippen molar-refractivity contribution in [3.8, 4) is 0 Å². The molecule has 3 heterocycles. The second-order valence-corrected chi connectivity index (χ2v) is 8.19. The molecule has 0 radical (unpaired) electrons. The molecule has 1 aliphatic heterocycles. The van der Waals surface area contributed by atoms with Gasteiger partial charge in [0.05, 0.1) is 6.54 Å². The molecule has 2 N–H and O–H groups in total. The first kappa shape index (κ1) is 16.9. The molecule has 6 heteroatoms. The largest absolute Gasteiger partial charge is 0.317 e. The van der Waals surface area contributed by atoms with Crippen molar-refractivity contribution in [1.82, 2.24) is 20.2 Å². The molecule has 1 saturated carbocycles. The zero-order valence-corrected chi connectivity index (χ0v) is 15.6. The summed E-state index contributed by atoms with van der Waals surface area (Å²) in [5, 5.41) is 7.84. The third kappa shape index (κ3) is 3.71. The lowest BCUT2D eigenvalue weighted by Gasteiger charge is -2.29. The van der Waals surface area contributed by atoms with Gasteiger partial charge in [-0.15, -0.1) is 0 Å². The SMILES string of the molecule is CCc1cc(=O)[nH]c(CN(Cc2ccsc2)[C@@H]2CC23CCNCC3)n1. The maximum absolute atomic E-state index is 11.9. The van der Waals surface area contributed by atoms with Crippen molar-refractivity contribution in [1.29, 1.82) is 0 Å². The lowest BCUT2D eigenvalue weighted by Crippen LogP contribution is -2.36. The molecule has 2 aromatic heterocycles. The van der Waals surface area contributed by atoms with Gasteiger partial charge in [-0.3, -0.25) is 9.69 Å². The van der Waals surface area contributed by atoms with Crippen LogP contribution in [0.4, 0.5) is 0 Å². The third-order valence-corrected chi connectivity index (χ3v) is 6.44. The van der Waals surface area contributed by atoms with Crippen LogP contribution in [0.5, 0.6) is 0 Å². The van der Waals surface area contributed by atoms with Crippen LogP contribution in [0.3, 0.4) is 0 Å². The Balaban J connectivity index is 1.55. The topological polar surface area (TPSA) is 61.0 Å². The van der Waals surface area contributed by atoms with Gasteiger partial charge >= 0.3 is 0 Å². The lowest BCUT2D eigenvalue weighted by molar-refractivity contribution is 0.184. The molecule has 0 amide bonds. The van der Waals surface area contributed by atoms with Gasteiger partial charge in [0.1, 0.15) is 5.82 Å². The molecule has 0 aromatic carbocycles. The number of nitrogens with zero attached hydrogens (tertiary/aromatic N) is 2. The summed E-state index contributed by atoms with van der Waals surface area (Å²) in [5.41, 5.74) is 2.67. The van der Waals surface area contributed by atoms with Crippen LogP contribution in [0.15, 0.2) is 27.7 Å². The van der Waals surface area contributed by atoms with Crippen molar-refractivity contribution >= 4 is 11.3 Å². The van der Waals surface area contributed by atoms with E-state index in [1.807, 2.05) is 6.92 Å². The Bertz CT molecular complexity index is 764. The smallest absolute Gasteiger partial charge is 0.251 e. The Morgan fingerprint density at radius 2 is 2.20 bits per heavy atom. The number of hydrogen-bond acceptors (Lipinski definition) is 5. The molecule has 1 saturated heterocycles. The van der Waals surface area contributed by atoms with E-state index < -0.39 is 0 Å². The number of thiophene rings is 1. The van der Waals surface area contributed by atoms with E-state index in [1.165, 1.54) is 24.8 Å². The Hall–Kier alpha value is -1.50. The van der Waals surface area contributed by atoms with Crippen LogP contribution in [0.2, 0.25) is 0 Å². The second kappa shape index (κ2) is 7.02. The number of rotatable bonds is 6. The molecule has 1 atom stereocenters. The quantitative estimate of drug-likeness (QED) is 0.833. The monoisotopic (exact) mass is 358 g/mol. The summed E-state index contributed by atoms with van der Waals surface area (Å²) in [6.45, 7) is 5.95. The van der Waals surface area contributed by atoms with E-state index in [0.29, 0.717) is 11.5 Å². The van der Waals surface area contributed by atoms with Crippen LogP contribution >= 0.6 is 11.3 Å². The minimum Gasteiger partial charge on any atom is -0.317 e. The summed E-state index contributed by atoms with van der Waals surface area (Å²) >= 11 is 1.75. The summed E-state index contributed by atoms with van der Waals surface area (Å²) < 4.78 is 0. The highest BCUT2D eigenvalue weighted by Crippen LogP contribution is 2.56. The van der Waals surface area contributed by atoms with Crippen LogP contribution in [-0.4, -0.2) is 34.0 Å². The lowest BCUT2D eigenvalue weighted by atomic mass is 9.93. The zero-order valence-electron chi connectivity index (χ0n) is 14.8. The Kier molecular flexibility index (Phi) is 4.75. The van der Waals surface area contributed by atoms with Crippen LogP contribution < -0.4 is 10.9 Å². The van der Waals surface area contributed by atoms with Gasteiger partial charge < -0.3 is 10.3 Å². The van der Waals surface area contributed by atoms with E-state index in [4.69, 9.17) is 0 Å². The minimum atomic E-state index is -0.0373. The van der Waals surface area contributed by atoms with Gasteiger partial charge in [-0.05, 0) is 66.6 Å². The van der Waals surface area contributed by atoms with Gasteiger partial charge in [-0.1, -0.05) is 6.92 Å². The molecule has 134 valence electrons. The molecule has 2 aliphatic rings. The number of hydrogen-bond donors (Lipinski definition) is 2. The van der Waals surface area contributed by atoms with Gasteiger partial charge in [0.2, 0.25) is 0 Å². The second-order valence-electron chi connectivity index (χ2n) is 7.41. The maximum Gasteiger partial charge on any atom is 0.251 e. The first-order chi connectivity index (χ1) is 12.2. The number of aromatic amines is 1. The fraction of sp³-hybridized carbons (Fsp3) is 0.579. The number of piperidine rings is 1. The average Bonchev–Trinajstić information content (AvgIpc) is 3.04. The van der Waals surface area contributed by atoms with Gasteiger partial charge in [0, 0.05) is 24.3 Å². The van der Waals surface area contributed by atoms with Crippen molar-refractivity contribution in [2.45, 2.75) is 51.7 Å². The standard InChI is InChI=1S/C19H26N4OS/c1-2-15-9-18(24)22-17(21-15)12-23(11-14-3-8-25-13-14)16-10-19(16)4-6-20-7-5-19/h3,8-9,13,16,20H,2,4-7,10-12H2,1H3,(H,21,22,24)/t16-/m1/s1. The highest BCUT2D eigenvalue weighted by atomic mass is 32.1. The van der Waals surface area contributed by atoms with Crippen molar-refractivity contribution in [2.24, 2.45) is 5.41 Å². The highest BCUT2D eigenvalue weighted by molar-refractivity contribution is 7.07. The van der Waals surface area contributed by atoms with Gasteiger partial charge in [0.15, 0.2) is 0 Å².